The van der Waals surface area contributed by atoms with E-state index in [0.717, 1.165) is 0 Å². The van der Waals surface area contributed by atoms with Crippen LogP contribution in [-0.2, 0) is 4.74 Å². The van der Waals surface area contributed by atoms with E-state index < -0.39 is 0 Å². The van der Waals surface area contributed by atoms with Gasteiger partial charge in [-0.25, -0.2) is 0 Å². The summed E-state index contributed by atoms with van der Waals surface area (Å²) >= 11 is 0. The molecule has 1 atom stereocenters. The summed E-state index contributed by atoms with van der Waals surface area (Å²) in [5, 5.41) is 0. The van der Waals surface area contributed by atoms with Crippen LogP contribution in [-0.4, -0.2) is 27.3 Å². The van der Waals surface area contributed by atoms with Crippen LogP contribution in [0.5, 0.6) is 0 Å². The van der Waals surface area contributed by atoms with Gasteiger partial charge in [-0.1, -0.05) is 42.5 Å². The van der Waals surface area contributed by atoms with E-state index in [2.05, 4.69) is 41.3 Å². The van der Waals surface area contributed by atoms with Gasteiger partial charge >= 0.3 is 0 Å². The van der Waals surface area contributed by atoms with Gasteiger partial charge in [0, 0.05) is 26.9 Å². The first-order valence-corrected chi connectivity index (χ1v) is 6.08. The number of hydrogen-bond acceptors (Lipinski definition) is 2. The second kappa shape index (κ2) is 5.69. The molecule has 0 bridgehead atoms. The van der Waals surface area contributed by atoms with Gasteiger partial charge in [0.1, 0.15) is 6.10 Å². The molecule has 0 N–H and O–H groups in total. The minimum Gasteiger partial charge on any atom is -0.378 e. The Hall–Kier alpha value is -1.80. The number of ether oxygens (including phenoxy) is 1. The zero-order chi connectivity index (χ0) is 13.0. The van der Waals surface area contributed by atoms with Crippen molar-refractivity contribution in [2.75, 3.05) is 26.1 Å². The normalized spacial score (nSPS) is 18.4. The predicted molar refractivity (Wildman–Crippen MR) is 77.8 cm³/mol. The number of hydrogen-bond donors (Lipinski definition) is 0. The van der Waals surface area contributed by atoms with E-state index in [0.29, 0.717) is 0 Å². The Bertz CT molecular complexity index is 480. The van der Waals surface area contributed by atoms with Gasteiger partial charge in [0.2, 0.25) is 0 Å². The predicted octanol–water partition coefficient (Wildman–Crippen LogP) is 3.28. The van der Waals surface area contributed by atoms with Crippen molar-refractivity contribution in [1.82, 2.24) is 0 Å². The van der Waals surface area contributed by atoms with Crippen molar-refractivity contribution in [2.24, 2.45) is 0 Å². The Morgan fingerprint density at radius 1 is 1.00 bits per heavy atom. The molecule has 94 valence electrons. The number of nitrogens with zero attached hydrogens (tertiary/aromatic N) is 1. The third-order valence-electron chi connectivity index (χ3n) is 3.06. The molecule has 0 radical (unpaired) electrons. The van der Waals surface area contributed by atoms with E-state index >= 15 is 0 Å². The first-order chi connectivity index (χ1) is 8.72. The van der Waals surface area contributed by atoms with Gasteiger partial charge in [-0.2, -0.15) is 0 Å². The molecule has 2 nitrogen and oxygen atoms in total. The Morgan fingerprint density at radius 2 is 1.72 bits per heavy atom. The quantitative estimate of drug-likeness (QED) is 0.805. The number of methoxy groups -OCH3 is 1. The van der Waals surface area contributed by atoms with Crippen LogP contribution in [0.25, 0.3) is 5.57 Å². The molecule has 1 aliphatic carbocycles. The molecule has 0 saturated heterocycles. The maximum Gasteiger partial charge on any atom is 0.101 e. The van der Waals surface area contributed by atoms with Crippen LogP contribution in [0.15, 0.2) is 54.6 Å². The highest BCUT2D eigenvalue weighted by Crippen LogP contribution is 2.25. The van der Waals surface area contributed by atoms with Gasteiger partial charge in [-0.15, -0.1) is 0 Å². The molecule has 0 amide bonds. The summed E-state index contributed by atoms with van der Waals surface area (Å²) in [6.07, 6.45) is 10.3. The summed E-state index contributed by atoms with van der Waals surface area (Å²) in [7, 11) is 5.83. The monoisotopic (exact) mass is 241 g/mol. The van der Waals surface area contributed by atoms with Crippen molar-refractivity contribution >= 4 is 11.3 Å². The lowest BCUT2D eigenvalue weighted by molar-refractivity contribution is 0.185. The summed E-state index contributed by atoms with van der Waals surface area (Å²) in [4.78, 5) is 2.10. The molecule has 0 saturated carbocycles. The van der Waals surface area contributed by atoms with Gasteiger partial charge < -0.3 is 9.64 Å². The summed E-state index contributed by atoms with van der Waals surface area (Å²) in [5.41, 5.74) is 3.59. The first-order valence-electron chi connectivity index (χ1n) is 6.08. The zero-order valence-electron chi connectivity index (χ0n) is 11.1. The molecule has 1 aliphatic rings. The molecule has 0 spiro atoms. The van der Waals surface area contributed by atoms with Crippen LogP contribution in [0.2, 0.25) is 0 Å². The van der Waals surface area contributed by atoms with Crippen molar-refractivity contribution in [1.29, 1.82) is 0 Å². The van der Waals surface area contributed by atoms with Crippen LogP contribution in [0.3, 0.4) is 0 Å². The second-order valence-corrected chi connectivity index (χ2v) is 4.49. The molecule has 1 unspecified atom stereocenters. The third kappa shape index (κ3) is 2.71. The Morgan fingerprint density at radius 3 is 2.33 bits per heavy atom. The summed E-state index contributed by atoms with van der Waals surface area (Å²) in [6.45, 7) is 0. The fraction of sp³-hybridized carbons (Fsp3) is 0.250. The van der Waals surface area contributed by atoms with E-state index in [-0.39, 0.29) is 6.10 Å². The Labute approximate surface area is 109 Å². The minimum atomic E-state index is 0.0187. The van der Waals surface area contributed by atoms with Gasteiger partial charge in [-0.3, -0.25) is 0 Å². The van der Waals surface area contributed by atoms with Crippen LogP contribution in [0, 0.1) is 0 Å². The molecule has 1 aromatic rings. The number of anilines is 1. The molecule has 0 heterocycles. The van der Waals surface area contributed by atoms with Crippen LogP contribution in [0.4, 0.5) is 5.69 Å². The summed E-state index contributed by atoms with van der Waals surface area (Å²) < 4.78 is 5.51. The Kier molecular flexibility index (Phi) is 4.00. The van der Waals surface area contributed by atoms with Crippen LogP contribution < -0.4 is 4.90 Å². The molecular weight excluding hydrogens is 222 g/mol. The summed E-state index contributed by atoms with van der Waals surface area (Å²) in [5.74, 6) is 0. The van der Waals surface area contributed by atoms with E-state index in [9.17, 15) is 0 Å². The van der Waals surface area contributed by atoms with E-state index in [1.54, 1.807) is 7.11 Å². The number of rotatable bonds is 3. The highest BCUT2D eigenvalue weighted by atomic mass is 16.5. The molecule has 0 fully saturated rings. The van der Waals surface area contributed by atoms with Crippen molar-refractivity contribution in [3.05, 3.63) is 60.2 Å². The molecule has 18 heavy (non-hydrogen) atoms. The first kappa shape index (κ1) is 12.7. The van der Waals surface area contributed by atoms with E-state index in [1.165, 1.54) is 16.8 Å². The van der Waals surface area contributed by atoms with Crippen molar-refractivity contribution in [3.8, 4) is 0 Å². The molecule has 0 aromatic heterocycles. The topological polar surface area (TPSA) is 12.5 Å². The lowest BCUT2D eigenvalue weighted by atomic mass is 10.00. The fourth-order valence-electron chi connectivity index (χ4n) is 2.00. The average Bonchev–Trinajstić information content (AvgIpc) is 2.63. The lowest BCUT2D eigenvalue weighted by Crippen LogP contribution is -2.10. The van der Waals surface area contributed by atoms with Gasteiger partial charge in [0.05, 0.1) is 0 Å². The highest BCUT2D eigenvalue weighted by molar-refractivity contribution is 5.73. The van der Waals surface area contributed by atoms with Crippen molar-refractivity contribution in [2.45, 2.75) is 6.10 Å². The maximum absolute atomic E-state index is 5.51. The van der Waals surface area contributed by atoms with E-state index in [4.69, 9.17) is 4.74 Å². The SMILES string of the molecule is COC1C=CC=CC=C1c1ccc(N(C)C)cc1. The molecule has 0 aliphatic heterocycles. The molecule has 2 rings (SSSR count). The van der Waals surface area contributed by atoms with Crippen molar-refractivity contribution < 1.29 is 4.74 Å². The van der Waals surface area contributed by atoms with Gasteiger partial charge in [-0.05, 0) is 23.3 Å². The number of allylic oxidation sites excluding steroid dienone is 4. The lowest BCUT2D eigenvalue weighted by Gasteiger charge is -2.17. The third-order valence-corrected chi connectivity index (χ3v) is 3.06. The maximum atomic E-state index is 5.51. The van der Waals surface area contributed by atoms with Gasteiger partial charge in [0.15, 0.2) is 0 Å². The number of benzene rings is 1. The molecular formula is C16H19NO. The smallest absolute Gasteiger partial charge is 0.101 e. The average molecular weight is 241 g/mol. The highest BCUT2D eigenvalue weighted by Gasteiger charge is 2.12. The summed E-state index contributed by atoms with van der Waals surface area (Å²) in [6, 6.07) is 8.53. The van der Waals surface area contributed by atoms with Crippen LogP contribution >= 0.6 is 0 Å². The van der Waals surface area contributed by atoms with Crippen molar-refractivity contribution in [3.63, 3.8) is 0 Å². The van der Waals surface area contributed by atoms with Gasteiger partial charge in [0.25, 0.3) is 0 Å². The standard InChI is InChI=1S/C16H19NO/c1-17(2)14-11-9-13(10-12-14)15-7-5-4-6-8-16(15)18-3/h4-12,16H,1-3H3. The molecule has 2 heteroatoms. The fourth-order valence-corrected chi connectivity index (χ4v) is 2.00. The largest absolute Gasteiger partial charge is 0.378 e. The Balaban J connectivity index is 2.32. The van der Waals surface area contributed by atoms with Crippen LogP contribution in [0.1, 0.15) is 5.56 Å². The minimum absolute atomic E-state index is 0.0187. The molecule has 1 aromatic carbocycles. The zero-order valence-corrected chi connectivity index (χ0v) is 11.1. The second-order valence-electron chi connectivity index (χ2n) is 4.49. The van der Waals surface area contributed by atoms with E-state index in [1.807, 2.05) is 32.3 Å².